The third-order valence-corrected chi connectivity index (χ3v) is 4.29. The summed E-state index contributed by atoms with van der Waals surface area (Å²) in [6.07, 6.45) is 6.76. The molecule has 1 saturated carbocycles. The van der Waals surface area contributed by atoms with E-state index in [4.69, 9.17) is 4.74 Å². The molecule has 0 bridgehead atoms. The van der Waals surface area contributed by atoms with Crippen molar-refractivity contribution in [3.63, 3.8) is 0 Å². The van der Waals surface area contributed by atoms with Gasteiger partial charge in [0.15, 0.2) is 0 Å². The van der Waals surface area contributed by atoms with Gasteiger partial charge in [0.1, 0.15) is 5.75 Å². The van der Waals surface area contributed by atoms with Crippen molar-refractivity contribution >= 4 is 0 Å². The first kappa shape index (κ1) is 12.0. The van der Waals surface area contributed by atoms with Gasteiger partial charge in [0.2, 0.25) is 0 Å². The van der Waals surface area contributed by atoms with E-state index in [1.807, 2.05) is 0 Å². The van der Waals surface area contributed by atoms with Gasteiger partial charge < -0.3 is 10.1 Å². The Labute approximate surface area is 110 Å². The number of piperidine rings is 1. The predicted molar refractivity (Wildman–Crippen MR) is 74.3 cm³/mol. The van der Waals surface area contributed by atoms with E-state index in [0.29, 0.717) is 12.0 Å². The number of ether oxygens (including phenoxy) is 1. The summed E-state index contributed by atoms with van der Waals surface area (Å²) >= 11 is 0. The van der Waals surface area contributed by atoms with Gasteiger partial charge in [-0.3, -0.25) is 0 Å². The Bertz CT molecular complexity index is 406. The van der Waals surface area contributed by atoms with Crippen LogP contribution >= 0.6 is 0 Å². The normalized spacial score (nSPS) is 21.6. The molecule has 2 fully saturated rings. The molecule has 98 valence electrons. The van der Waals surface area contributed by atoms with E-state index in [1.54, 1.807) is 0 Å². The van der Waals surface area contributed by atoms with Gasteiger partial charge in [0.05, 0.1) is 6.10 Å². The van der Waals surface area contributed by atoms with Crippen LogP contribution in [0.5, 0.6) is 5.75 Å². The summed E-state index contributed by atoms with van der Waals surface area (Å²) < 4.78 is 6.17. The second-order valence-electron chi connectivity index (χ2n) is 5.74. The summed E-state index contributed by atoms with van der Waals surface area (Å²) in [5, 5.41) is 3.44. The Balaban J connectivity index is 1.81. The summed E-state index contributed by atoms with van der Waals surface area (Å²) in [4.78, 5) is 0. The van der Waals surface area contributed by atoms with Gasteiger partial charge in [-0.1, -0.05) is 17.7 Å². The minimum atomic E-state index is 0.480. The monoisotopic (exact) mass is 245 g/mol. The largest absolute Gasteiger partial charge is 0.490 e. The first-order valence-corrected chi connectivity index (χ1v) is 7.31. The molecule has 2 nitrogen and oxygen atoms in total. The van der Waals surface area contributed by atoms with Crippen molar-refractivity contribution in [2.24, 2.45) is 0 Å². The third kappa shape index (κ3) is 2.54. The lowest BCUT2D eigenvalue weighted by Gasteiger charge is -2.30. The summed E-state index contributed by atoms with van der Waals surface area (Å²) in [5.74, 6) is 1.83. The highest BCUT2D eigenvalue weighted by Crippen LogP contribution is 2.35. The molecule has 0 spiro atoms. The van der Waals surface area contributed by atoms with E-state index < -0.39 is 0 Å². The second-order valence-corrected chi connectivity index (χ2v) is 5.74. The Kier molecular flexibility index (Phi) is 3.55. The number of rotatable bonds is 3. The summed E-state index contributed by atoms with van der Waals surface area (Å²) in [6.45, 7) is 4.46. The Morgan fingerprint density at radius 1 is 1.11 bits per heavy atom. The lowest BCUT2D eigenvalue weighted by atomic mass is 9.88. The zero-order valence-electron chi connectivity index (χ0n) is 11.2. The molecule has 0 radical (unpaired) electrons. The number of hydrogen-bond donors (Lipinski definition) is 1. The molecular formula is C16H23NO. The topological polar surface area (TPSA) is 21.3 Å². The van der Waals surface area contributed by atoms with Crippen LogP contribution in [0.2, 0.25) is 0 Å². The molecule has 1 aliphatic heterocycles. The van der Waals surface area contributed by atoms with Crippen LogP contribution in [-0.4, -0.2) is 19.2 Å². The van der Waals surface area contributed by atoms with Gasteiger partial charge in [-0.2, -0.15) is 0 Å². The maximum atomic E-state index is 6.17. The van der Waals surface area contributed by atoms with E-state index in [1.165, 1.54) is 43.2 Å². The van der Waals surface area contributed by atoms with Crippen molar-refractivity contribution in [2.45, 2.75) is 51.0 Å². The molecule has 0 amide bonds. The molecule has 0 aromatic heterocycles. The molecule has 2 aliphatic rings. The van der Waals surface area contributed by atoms with Gasteiger partial charge in [-0.25, -0.2) is 0 Å². The van der Waals surface area contributed by atoms with E-state index >= 15 is 0 Å². The van der Waals surface area contributed by atoms with Gasteiger partial charge in [0, 0.05) is 0 Å². The second kappa shape index (κ2) is 5.31. The van der Waals surface area contributed by atoms with Crippen LogP contribution in [0.3, 0.4) is 0 Å². The van der Waals surface area contributed by atoms with Crippen molar-refractivity contribution in [1.82, 2.24) is 5.32 Å². The molecule has 1 aromatic rings. The van der Waals surface area contributed by atoms with Crippen molar-refractivity contribution in [1.29, 1.82) is 0 Å². The summed E-state index contributed by atoms with van der Waals surface area (Å²) in [5.41, 5.74) is 2.80. The molecule has 1 heterocycles. The molecule has 0 atom stereocenters. The number of aryl methyl sites for hydroxylation is 1. The van der Waals surface area contributed by atoms with Crippen LogP contribution in [0.1, 0.15) is 49.1 Å². The molecular weight excluding hydrogens is 222 g/mol. The van der Waals surface area contributed by atoms with Crippen LogP contribution in [0.15, 0.2) is 18.2 Å². The fourth-order valence-electron chi connectivity index (χ4n) is 2.90. The first-order valence-electron chi connectivity index (χ1n) is 7.31. The van der Waals surface area contributed by atoms with Crippen LogP contribution in [0.4, 0.5) is 0 Å². The van der Waals surface area contributed by atoms with Crippen LogP contribution in [0.25, 0.3) is 0 Å². The van der Waals surface area contributed by atoms with Crippen molar-refractivity contribution in [3.05, 3.63) is 29.3 Å². The van der Waals surface area contributed by atoms with Gasteiger partial charge >= 0.3 is 0 Å². The summed E-state index contributed by atoms with van der Waals surface area (Å²) in [7, 11) is 0. The van der Waals surface area contributed by atoms with Crippen molar-refractivity contribution in [3.8, 4) is 5.75 Å². The summed E-state index contributed by atoms with van der Waals surface area (Å²) in [6, 6.07) is 6.70. The lowest BCUT2D eigenvalue weighted by molar-refractivity contribution is 0.118. The maximum Gasteiger partial charge on any atom is 0.123 e. The average molecular weight is 245 g/mol. The zero-order valence-corrected chi connectivity index (χ0v) is 11.2. The molecule has 1 N–H and O–H groups in total. The minimum absolute atomic E-state index is 0.480. The molecule has 18 heavy (non-hydrogen) atoms. The van der Waals surface area contributed by atoms with E-state index in [-0.39, 0.29) is 0 Å². The fraction of sp³-hybridized carbons (Fsp3) is 0.625. The Morgan fingerprint density at radius 2 is 1.89 bits per heavy atom. The number of hydrogen-bond acceptors (Lipinski definition) is 2. The molecule has 2 heteroatoms. The minimum Gasteiger partial charge on any atom is -0.490 e. The predicted octanol–water partition coefficient (Wildman–Crippen LogP) is 3.39. The first-order chi connectivity index (χ1) is 8.83. The highest BCUT2D eigenvalue weighted by molar-refractivity contribution is 5.40. The highest BCUT2D eigenvalue weighted by atomic mass is 16.5. The van der Waals surface area contributed by atoms with E-state index in [2.05, 4.69) is 30.4 Å². The molecule has 1 aliphatic carbocycles. The SMILES string of the molecule is Cc1ccc(OC2CCC2)c(C2CCNCC2)c1. The van der Waals surface area contributed by atoms with Crippen molar-refractivity contribution < 1.29 is 4.74 Å². The molecule has 1 saturated heterocycles. The quantitative estimate of drug-likeness (QED) is 0.881. The average Bonchev–Trinajstić information content (AvgIpc) is 2.36. The standard InChI is InChI=1S/C16H23NO/c1-12-5-6-16(18-14-3-2-4-14)15(11-12)13-7-9-17-10-8-13/h5-6,11,13-14,17H,2-4,7-10H2,1H3. The van der Waals surface area contributed by atoms with Crippen LogP contribution < -0.4 is 10.1 Å². The third-order valence-electron chi connectivity index (χ3n) is 4.29. The van der Waals surface area contributed by atoms with Gasteiger partial charge in [-0.05, 0) is 69.7 Å². The Hall–Kier alpha value is -1.02. The van der Waals surface area contributed by atoms with Crippen molar-refractivity contribution in [2.75, 3.05) is 13.1 Å². The van der Waals surface area contributed by atoms with E-state index in [9.17, 15) is 0 Å². The van der Waals surface area contributed by atoms with Crippen LogP contribution in [-0.2, 0) is 0 Å². The lowest BCUT2D eigenvalue weighted by Crippen LogP contribution is -2.28. The molecule has 0 unspecified atom stereocenters. The number of nitrogens with one attached hydrogen (secondary N) is 1. The van der Waals surface area contributed by atoms with E-state index in [0.717, 1.165) is 18.8 Å². The smallest absolute Gasteiger partial charge is 0.123 e. The zero-order chi connectivity index (χ0) is 12.4. The van der Waals surface area contributed by atoms with Crippen LogP contribution in [0, 0.1) is 6.92 Å². The maximum absolute atomic E-state index is 6.17. The fourth-order valence-corrected chi connectivity index (χ4v) is 2.90. The van der Waals surface area contributed by atoms with Gasteiger partial charge in [-0.15, -0.1) is 0 Å². The van der Waals surface area contributed by atoms with Gasteiger partial charge in [0.25, 0.3) is 0 Å². The number of benzene rings is 1. The highest BCUT2D eigenvalue weighted by Gasteiger charge is 2.23. The Morgan fingerprint density at radius 3 is 2.56 bits per heavy atom. The molecule has 3 rings (SSSR count). The molecule has 1 aromatic carbocycles.